The van der Waals surface area contributed by atoms with Gasteiger partial charge in [0.2, 0.25) is 0 Å². The third-order valence-corrected chi connectivity index (χ3v) is 3.99. The minimum Gasteiger partial charge on any atom is -0.496 e. The molecule has 0 saturated heterocycles. The maximum Gasteiger partial charge on any atom is 0.123 e. The first kappa shape index (κ1) is 12.4. The van der Waals surface area contributed by atoms with E-state index in [2.05, 4.69) is 26.0 Å². The summed E-state index contributed by atoms with van der Waals surface area (Å²) in [4.78, 5) is 0. The molecule has 3 atom stereocenters. The van der Waals surface area contributed by atoms with E-state index >= 15 is 0 Å². The average Bonchev–Trinajstić information content (AvgIpc) is 2.75. The first-order chi connectivity index (χ1) is 8.11. The average molecular weight is 233 g/mol. The topological polar surface area (TPSA) is 35.2 Å². The zero-order valence-electron chi connectivity index (χ0n) is 11.1. The van der Waals surface area contributed by atoms with E-state index in [4.69, 9.17) is 10.5 Å². The molecule has 0 radical (unpaired) electrons. The van der Waals surface area contributed by atoms with Crippen LogP contribution in [0.25, 0.3) is 0 Å². The van der Waals surface area contributed by atoms with Crippen molar-refractivity contribution in [3.05, 3.63) is 29.3 Å². The van der Waals surface area contributed by atoms with Gasteiger partial charge < -0.3 is 10.5 Å². The minimum absolute atomic E-state index is 0.120. The molecule has 0 bridgehead atoms. The summed E-state index contributed by atoms with van der Waals surface area (Å²) in [5.74, 6) is 2.37. The predicted molar refractivity (Wildman–Crippen MR) is 71.2 cm³/mol. The van der Waals surface area contributed by atoms with Crippen molar-refractivity contribution in [2.45, 2.75) is 39.2 Å². The molecule has 2 rings (SSSR count). The lowest BCUT2D eigenvalue weighted by Crippen LogP contribution is -2.20. The van der Waals surface area contributed by atoms with Gasteiger partial charge in [-0.25, -0.2) is 0 Å². The zero-order chi connectivity index (χ0) is 12.4. The smallest absolute Gasteiger partial charge is 0.123 e. The van der Waals surface area contributed by atoms with Crippen LogP contribution in [-0.4, -0.2) is 7.11 Å². The molecule has 1 fully saturated rings. The van der Waals surface area contributed by atoms with Crippen molar-refractivity contribution in [3.8, 4) is 5.75 Å². The monoisotopic (exact) mass is 233 g/mol. The molecule has 0 amide bonds. The molecule has 17 heavy (non-hydrogen) atoms. The Labute approximate surface area is 104 Å². The standard InChI is InChI=1S/C15H23NO/c1-10-4-6-12(8-10)15(16)13-9-11(2)5-7-14(13)17-3/h5,7,9-10,12,15H,4,6,8,16H2,1-3H3. The van der Waals surface area contributed by atoms with Crippen LogP contribution in [0, 0.1) is 18.8 Å². The van der Waals surface area contributed by atoms with E-state index < -0.39 is 0 Å². The van der Waals surface area contributed by atoms with Crippen LogP contribution < -0.4 is 10.5 Å². The van der Waals surface area contributed by atoms with Gasteiger partial charge in [-0.2, -0.15) is 0 Å². The molecule has 94 valence electrons. The highest BCUT2D eigenvalue weighted by molar-refractivity contribution is 5.39. The Morgan fingerprint density at radius 1 is 1.35 bits per heavy atom. The number of rotatable bonds is 3. The van der Waals surface area contributed by atoms with Crippen LogP contribution in [0.15, 0.2) is 18.2 Å². The first-order valence-electron chi connectivity index (χ1n) is 6.52. The van der Waals surface area contributed by atoms with Crippen molar-refractivity contribution in [3.63, 3.8) is 0 Å². The van der Waals surface area contributed by atoms with Crippen molar-refractivity contribution >= 4 is 0 Å². The molecule has 1 aliphatic rings. The fraction of sp³-hybridized carbons (Fsp3) is 0.600. The summed E-state index contributed by atoms with van der Waals surface area (Å²) in [7, 11) is 1.72. The highest BCUT2D eigenvalue weighted by Crippen LogP contribution is 2.40. The van der Waals surface area contributed by atoms with Gasteiger partial charge in [0.1, 0.15) is 5.75 Å². The molecule has 2 nitrogen and oxygen atoms in total. The van der Waals surface area contributed by atoms with Crippen molar-refractivity contribution in [1.82, 2.24) is 0 Å². The van der Waals surface area contributed by atoms with Crippen LogP contribution in [0.1, 0.15) is 43.4 Å². The summed E-state index contributed by atoms with van der Waals surface area (Å²) in [5, 5.41) is 0. The van der Waals surface area contributed by atoms with Crippen LogP contribution in [0.2, 0.25) is 0 Å². The van der Waals surface area contributed by atoms with Gasteiger partial charge in [0.25, 0.3) is 0 Å². The molecule has 1 aliphatic carbocycles. The Morgan fingerprint density at radius 2 is 2.12 bits per heavy atom. The summed E-state index contributed by atoms with van der Waals surface area (Å²) < 4.78 is 5.43. The van der Waals surface area contributed by atoms with Crippen molar-refractivity contribution in [1.29, 1.82) is 0 Å². The highest BCUT2D eigenvalue weighted by atomic mass is 16.5. The van der Waals surface area contributed by atoms with Crippen molar-refractivity contribution in [2.24, 2.45) is 17.6 Å². The summed E-state index contributed by atoms with van der Waals surface area (Å²) in [6, 6.07) is 6.40. The van der Waals surface area contributed by atoms with Gasteiger partial charge in [0.15, 0.2) is 0 Å². The largest absolute Gasteiger partial charge is 0.496 e. The van der Waals surface area contributed by atoms with E-state index in [1.54, 1.807) is 7.11 Å². The van der Waals surface area contributed by atoms with Crippen LogP contribution in [0.3, 0.4) is 0 Å². The number of hydrogen-bond donors (Lipinski definition) is 1. The molecule has 0 aliphatic heterocycles. The fourth-order valence-corrected chi connectivity index (χ4v) is 2.95. The molecular formula is C15H23NO. The van der Waals surface area contributed by atoms with Crippen molar-refractivity contribution in [2.75, 3.05) is 7.11 Å². The Morgan fingerprint density at radius 3 is 2.71 bits per heavy atom. The van der Waals surface area contributed by atoms with Gasteiger partial charge in [0.05, 0.1) is 7.11 Å². The first-order valence-corrected chi connectivity index (χ1v) is 6.52. The van der Waals surface area contributed by atoms with Gasteiger partial charge in [-0.3, -0.25) is 0 Å². The Hall–Kier alpha value is -1.02. The Bertz CT molecular complexity index is 389. The van der Waals surface area contributed by atoms with E-state index in [1.807, 2.05) is 6.07 Å². The molecule has 1 aromatic rings. The summed E-state index contributed by atoms with van der Waals surface area (Å²) in [6.45, 7) is 4.42. The second kappa shape index (κ2) is 5.09. The molecule has 1 saturated carbocycles. The highest BCUT2D eigenvalue weighted by Gasteiger charge is 2.28. The second-order valence-electron chi connectivity index (χ2n) is 5.45. The lowest BCUT2D eigenvalue weighted by Gasteiger charge is -2.22. The van der Waals surface area contributed by atoms with E-state index in [9.17, 15) is 0 Å². The molecular weight excluding hydrogens is 210 g/mol. The predicted octanol–water partition coefficient (Wildman–Crippen LogP) is 3.44. The Balaban J connectivity index is 2.23. The Kier molecular flexibility index (Phi) is 3.72. The van der Waals surface area contributed by atoms with Crippen molar-refractivity contribution < 1.29 is 4.74 Å². The van der Waals surface area contributed by atoms with Gasteiger partial charge >= 0.3 is 0 Å². The zero-order valence-corrected chi connectivity index (χ0v) is 11.1. The lowest BCUT2D eigenvalue weighted by atomic mass is 9.90. The second-order valence-corrected chi connectivity index (χ2v) is 5.45. The van der Waals surface area contributed by atoms with Crippen LogP contribution >= 0.6 is 0 Å². The molecule has 2 heteroatoms. The van der Waals surface area contributed by atoms with E-state index in [-0.39, 0.29) is 6.04 Å². The lowest BCUT2D eigenvalue weighted by molar-refractivity contribution is 0.381. The van der Waals surface area contributed by atoms with Crippen LogP contribution in [0.4, 0.5) is 0 Å². The van der Waals surface area contributed by atoms with Gasteiger partial charge in [-0.15, -0.1) is 0 Å². The molecule has 0 spiro atoms. The van der Waals surface area contributed by atoms with E-state index in [0.29, 0.717) is 5.92 Å². The number of ether oxygens (including phenoxy) is 1. The number of nitrogens with two attached hydrogens (primary N) is 1. The number of benzene rings is 1. The van der Waals surface area contributed by atoms with Gasteiger partial charge in [-0.05, 0) is 37.7 Å². The molecule has 0 aromatic heterocycles. The third-order valence-electron chi connectivity index (χ3n) is 3.99. The fourth-order valence-electron chi connectivity index (χ4n) is 2.95. The summed E-state index contributed by atoms with van der Waals surface area (Å²) >= 11 is 0. The van der Waals surface area contributed by atoms with Gasteiger partial charge in [-0.1, -0.05) is 31.0 Å². The number of methoxy groups -OCH3 is 1. The number of aryl methyl sites for hydroxylation is 1. The quantitative estimate of drug-likeness (QED) is 0.868. The van der Waals surface area contributed by atoms with Gasteiger partial charge in [0, 0.05) is 11.6 Å². The van der Waals surface area contributed by atoms with Crippen LogP contribution in [0.5, 0.6) is 5.75 Å². The maximum absolute atomic E-state index is 6.43. The number of hydrogen-bond acceptors (Lipinski definition) is 2. The van der Waals surface area contributed by atoms with Crippen LogP contribution in [-0.2, 0) is 0 Å². The minimum atomic E-state index is 0.120. The SMILES string of the molecule is COc1ccc(C)cc1C(N)C1CCC(C)C1. The summed E-state index contributed by atoms with van der Waals surface area (Å²) in [5.41, 5.74) is 8.85. The normalized spacial score (nSPS) is 25.9. The maximum atomic E-state index is 6.43. The molecule has 0 heterocycles. The third kappa shape index (κ3) is 2.63. The molecule has 3 unspecified atom stereocenters. The van der Waals surface area contributed by atoms with E-state index in [1.165, 1.54) is 30.4 Å². The molecule has 2 N–H and O–H groups in total. The molecule has 1 aromatic carbocycles. The van der Waals surface area contributed by atoms with E-state index in [0.717, 1.165) is 11.7 Å². The summed E-state index contributed by atoms with van der Waals surface area (Å²) in [6.07, 6.45) is 3.81.